The van der Waals surface area contributed by atoms with Crippen molar-refractivity contribution in [2.45, 2.75) is 44.1 Å². The van der Waals surface area contributed by atoms with Crippen LogP contribution in [0.15, 0.2) is 36.5 Å². The number of carbonyl (C=O) groups excluding carboxylic acids is 1. The van der Waals surface area contributed by atoms with Gasteiger partial charge in [-0.1, -0.05) is 24.3 Å². The van der Waals surface area contributed by atoms with E-state index in [2.05, 4.69) is 34.7 Å². The minimum absolute atomic E-state index is 0.0194. The van der Waals surface area contributed by atoms with Crippen LogP contribution in [-0.4, -0.2) is 20.7 Å². The molecular weight excluding hydrogens is 324 g/mol. The minimum atomic E-state index is -0.0194. The quantitative estimate of drug-likeness (QED) is 0.787. The third kappa shape index (κ3) is 2.59. The van der Waals surface area contributed by atoms with Gasteiger partial charge in [0.05, 0.1) is 23.2 Å². The number of aryl methyl sites for hydroxylation is 2. The van der Waals surface area contributed by atoms with Crippen LogP contribution in [-0.2, 0) is 13.5 Å². The van der Waals surface area contributed by atoms with Gasteiger partial charge in [0.2, 0.25) is 0 Å². The summed E-state index contributed by atoms with van der Waals surface area (Å²) in [5.41, 5.74) is 5.13. The van der Waals surface area contributed by atoms with Crippen molar-refractivity contribution in [1.29, 1.82) is 0 Å². The SMILES string of the molecule is Cn1ncc2c(C(=O)N[C@@H]3CCCc4ccccc43)cc(C3CC3)nc21. The highest BCUT2D eigenvalue weighted by Gasteiger charge is 2.29. The molecule has 1 aromatic carbocycles. The molecule has 3 aromatic rings. The van der Waals surface area contributed by atoms with E-state index in [9.17, 15) is 4.79 Å². The zero-order valence-corrected chi connectivity index (χ0v) is 14.9. The van der Waals surface area contributed by atoms with Crippen molar-refractivity contribution in [2.75, 3.05) is 0 Å². The van der Waals surface area contributed by atoms with E-state index in [1.807, 2.05) is 13.1 Å². The monoisotopic (exact) mass is 346 g/mol. The predicted molar refractivity (Wildman–Crippen MR) is 100 cm³/mol. The largest absolute Gasteiger partial charge is 0.345 e. The molecule has 132 valence electrons. The molecule has 0 aliphatic heterocycles. The van der Waals surface area contributed by atoms with Gasteiger partial charge >= 0.3 is 0 Å². The molecule has 1 amide bonds. The number of pyridine rings is 1. The van der Waals surface area contributed by atoms with Crippen LogP contribution in [0.2, 0.25) is 0 Å². The molecule has 2 aromatic heterocycles. The molecule has 0 radical (unpaired) electrons. The Bertz CT molecular complexity index is 1000. The zero-order chi connectivity index (χ0) is 17.7. The summed E-state index contributed by atoms with van der Waals surface area (Å²) < 4.78 is 1.76. The van der Waals surface area contributed by atoms with Gasteiger partial charge in [-0.3, -0.25) is 9.48 Å². The van der Waals surface area contributed by atoms with Crippen LogP contribution < -0.4 is 5.32 Å². The fourth-order valence-electron chi connectivity index (χ4n) is 4.05. The van der Waals surface area contributed by atoms with Gasteiger partial charge in [-0.05, 0) is 49.3 Å². The van der Waals surface area contributed by atoms with E-state index in [4.69, 9.17) is 4.98 Å². The summed E-state index contributed by atoms with van der Waals surface area (Å²) >= 11 is 0. The van der Waals surface area contributed by atoms with E-state index < -0.39 is 0 Å². The van der Waals surface area contributed by atoms with E-state index in [0.717, 1.165) is 48.8 Å². The fraction of sp³-hybridized carbons (Fsp3) is 0.381. The Hall–Kier alpha value is -2.69. The predicted octanol–water partition coefficient (Wildman–Crippen LogP) is 3.65. The van der Waals surface area contributed by atoms with Crippen LogP contribution in [0.25, 0.3) is 11.0 Å². The molecule has 1 saturated carbocycles. The second-order valence-corrected chi connectivity index (χ2v) is 7.49. The van der Waals surface area contributed by atoms with Crippen molar-refractivity contribution in [3.05, 3.63) is 58.9 Å². The Labute approximate surface area is 152 Å². The van der Waals surface area contributed by atoms with Gasteiger partial charge in [0.15, 0.2) is 5.65 Å². The molecule has 1 fully saturated rings. The van der Waals surface area contributed by atoms with E-state index in [-0.39, 0.29) is 11.9 Å². The lowest BCUT2D eigenvalue weighted by molar-refractivity contribution is 0.0934. The van der Waals surface area contributed by atoms with Gasteiger partial charge < -0.3 is 5.32 Å². The number of amides is 1. The van der Waals surface area contributed by atoms with E-state index in [1.54, 1.807) is 10.9 Å². The standard InChI is InChI=1S/C21H22N4O/c1-25-20-17(12-22-25)16(11-19(23-20)14-9-10-14)21(26)24-18-8-4-6-13-5-2-3-7-15(13)18/h2-3,5,7,11-12,14,18H,4,6,8-10H2,1H3,(H,24,26)/t18-/m1/s1. The molecule has 26 heavy (non-hydrogen) atoms. The first kappa shape index (κ1) is 15.6. The van der Waals surface area contributed by atoms with Gasteiger partial charge in [0.25, 0.3) is 5.91 Å². The third-order valence-electron chi connectivity index (χ3n) is 5.64. The Morgan fingerprint density at radius 3 is 2.92 bits per heavy atom. The molecule has 0 bridgehead atoms. The average Bonchev–Trinajstić information content (AvgIpc) is 3.45. The number of carbonyl (C=O) groups is 1. The van der Waals surface area contributed by atoms with Gasteiger partial charge in [0, 0.05) is 18.7 Å². The van der Waals surface area contributed by atoms with Crippen molar-refractivity contribution >= 4 is 16.9 Å². The number of benzene rings is 1. The molecule has 0 saturated heterocycles. The number of nitrogens with zero attached hydrogens (tertiary/aromatic N) is 3. The summed E-state index contributed by atoms with van der Waals surface area (Å²) in [6, 6.07) is 10.5. The summed E-state index contributed by atoms with van der Waals surface area (Å²) in [5, 5.41) is 8.42. The average molecular weight is 346 g/mol. The molecule has 2 aliphatic rings. The summed E-state index contributed by atoms with van der Waals surface area (Å²) in [5.74, 6) is 0.477. The number of hydrogen-bond acceptors (Lipinski definition) is 3. The van der Waals surface area contributed by atoms with Gasteiger partial charge in [-0.15, -0.1) is 0 Å². The molecule has 0 spiro atoms. The topological polar surface area (TPSA) is 59.8 Å². The van der Waals surface area contributed by atoms with Crippen molar-refractivity contribution in [3.63, 3.8) is 0 Å². The smallest absolute Gasteiger partial charge is 0.252 e. The Kier molecular flexibility index (Phi) is 3.55. The number of aromatic nitrogens is 3. The van der Waals surface area contributed by atoms with Crippen LogP contribution in [0.5, 0.6) is 0 Å². The molecule has 1 N–H and O–H groups in total. The highest BCUT2D eigenvalue weighted by molar-refractivity contribution is 6.05. The first-order chi connectivity index (χ1) is 12.7. The van der Waals surface area contributed by atoms with Crippen molar-refractivity contribution in [3.8, 4) is 0 Å². The maximum Gasteiger partial charge on any atom is 0.252 e. The maximum atomic E-state index is 13.2. The van der Waals surface area contributed by atoms with Crippen LogP contribution in [0.1, 0.15) is 64.8 Å². The highest BCUT2D eigenvalue weighted by atomic mass is 16.1. The maximum absolute atomic E-state index is 13.2. The van der Waals surface area contributed by atoms with Gasteiger partial charge in [-0.2, -0.15) is 5.10 Å². The molecule has 2 heterocycles. The second kappa shape index (κ2) is 5.94. The number of fused-ring (bicyclic) bond motifs is 2. The first-order valence-corrected chi connectivity index (χ1v) is 9.42. The Morgan fingerprint density at radius 2 is 2.08 bits per heavy atom. The van der Waals surface area contributed by atoms with Crippen LogP contribution in [0.3, 0.4) is 0 Å². The molecular formula is C21H22N4O. The summed E-state index contributed by atoms with van der Waals surface area (Å²) in [7, 11) is 1.88. The Balaban J connectivity index is 1.51. The molecule has 2 aliphatic carbocycles. The lowest BCUT2D eigenvalue weighted by Crippen LogP contribution is -2.31. The lowest BCUT2D eigenvalue weighted by atomic mass is 9.87. The van der Waals surface area contributed by atoms with Crippen molar-refractivity contribution in [1.82, 2.24) is 20.1 Å². The van der Waals surface area contributed by atoms with E-state index in [1.165, 1.54) is 11.1 Å². The van der Waals surface area contributed by atoms with E-state index >= 15 is 0 Å². The van der Waals surface area contributed by atoms with E-state index in [0.29, 0.717) is 11.5 Å². The Morgan fingerprint density at radius 1 is 1.23 bits per heavy atom. The number of rotatable bonds is 3. The van der Waals surface area contributed by atoms with Crippen LogP contribution in [0.4, 0.5) is 0 Å². The molecule has 5 nitrogen and oxygen atoms in total. The first-order valence-electron chi connectivity index (χ1n) is 9.42. The highest BCUT2D eigenvalue weighted by Crippen LogP contribution is 2.40. The number of nitrogens with one attached hydrogen (secondary N) is 1. The minimum Gasteiger partial charge on any atom is -0.345 e. The summed E-state index contributed by atoms with van der Waals surface area (Å²) in [6.07, 6.45) is 7.26. The van der Waals surface area contributed by atoms with Crippen LogP contribution in [0, 0.1) is 0 Å². The lowest BCUT2D eigenvalue weighted by Gasteiger charge is -2.26. The van der Waals surface area contributed by atoms with Crippen LogP contribution >= 0.6 is 0 Å². The molecule has 0 unspecified atom stereocenters. The molecule has 5 heteroatoms. The summed E-state index contributed by atoms with van der Waals surface area (Å²) in [4.78, 5) is 17.9. The van der Waals surface area contributed by atoms with Crippen molar-refractivity contribution in [2.24, 2.45) is 7.05 Å². The van der Waals surface area contributed by atoms with Crippen molar-refractivity contribution < 1.29 is 4.79 Å². The number of hydrogen-bond donors (Lipinski definition) is 1. The third-order valence-corrected chi connectivity index (χ3v) is 5.64. The second-order valence-electron chi connectivity index (χ2n) is 7.49. The molecule has 1 atom stereocenters. The summed E-state index contributed by atoms with van der Waals surface area (Å²) in [6.45, 7) is 0. The van der Waals surface area contributed by atoms with Gasteiger partial charge in [-0.25, -0.2) is 4.98 Å². The molecule has 5 rings (SSSR count). The normalized spacial score (nSPS) is 19.3. The fourth-order valence-corrected chi connectivity index (χ4v) is 4.05. The van der Waals surface area contributed by atoms with Gasteiger partial charge in [0.1, 0.15) is 0 Å². The zero-order valence-electron chi connectivity index (χ0n) is 14.9.